The minimum atomic E-state index is -0.478. The molecule has 1 fully saturated rings. The molecule has 2 rings (SSSR count). The second-order valence-electron chi connectivity index (χ2n) is 3.35. The van der Waals surface area contributed by atoms with Crippen molar-refractivity contribution in [1.82, 2.24) is 4.98 Å². The van der Waals surface area contributed by atoms with Gasteiger partial charge in [-0.2, -0.15) is 0 Å². The zero-order valence-electron chi connectivity index (χ0n) is 7.96. The second-order valence-corrected chi connectivity index (χ2v) is 4.16. The van der Waals surface area contributed by atoms with Gasteiger partial charge < -0.3 is 15.8 Å². The summed E-state index contributed by atoms with van der Waals surface area (Å²) in [5, 5.41) is 2.97. The number of pyridine rings is 1. The van der Waals surface area contributed by atoms with Crippen LogP contribution >= 0.6 is 15.9 Å². The fourth-order valence-electron chi connectivity index (χ4n) is 1.29. The van der Waals surface area contributed by atoms with Crippen LogP contribution in [0.2, 0.25) is 0 Å². The Morgan fingerprint density at radius 1 is 1.73 bits per heavy atom. The summed E-state index contributed by atoms with van der Waals surface area (Å²) in [7, 11) is 0. The topological polar surface area (TPSA) is 60.2 Å². The fraction of sp³-hybridized carbons (Fsp3) is 0.444. The second kappa shape index (κ2) is 4.32. The van der Waals surface area contributed by atoms with Crippen LogP contribution in [0.25, 0.3) is 0 Å². The van der Waals surface area contributed by atoms with Gasteiger partial charge in [-0.25, -0.2) is 9.37 Å². The maximum Gasteiger partial charge on any atom is 0.153 e. The van der Waals surface area contributed by atoms with Gasteiger partial charge in [-0.05, 0) is 22.4 Å². The molecule has 3 N–H and O–H groups in total. The average Bonchev–Trinajstić information content (AvgIpc) is 2.10. The molecule has 1 aromatic rings. The molecule has 0 unspecified atom stereocenters. The van der Waals surface area contributed by atoms with Gasteiger partial charge in [0.05, 0.1) is 6.10 Å². The number of hydrogen-bond donors (Lipinski definition) is 2. The highest BCUT2D eigenvalue weighted by molar-refractivity contribution is 9.10. The third-order valence-corrected chi connectivity index (χ3v) is 2.67. The largest absolute Gasteiger partial charge is 0.393 e. The van der Waals surface area contributed by atoms with E-state index in [2.05, 4.69) is 26.2 Å². The number of ether oxygens (including phenoxy) is 1. The standard InChI is InChI=1S/C9H11BrFN3O/c10-7-3-6(11)8(12)9(14-7)13-4-5-1-2-15-5/h3,5H,1-2,4,12H2,(H,13,14)/t5-/m0/s1. The number of nitrogens with zero attached hydrogens (tertiary/aromatic N) is 1. The molecule has 1 atom stereocenters. The Hall–Kier alpha value is -0.880. The molecule has 1 saturated heterocycles. The Morgan fingerprint density at radius 2 is 2.47 bits per heavy atom. The molecule has 1 aliphatic heterocycles. The van der Waals surface area contributed by atoms with E-state index in [1.807, 2.05) is 0 Å². The SMILES string of the molecule is Nc1c(F)cc(Br)nc1NC[C@@H]1CCO1. The smallest absolute Gasteiger partial charge is 0.153 e. The van der Waals surface area contributed by atoms with Gasteiger partial charge in [0, 0.05) is 19.2 Å². The van der Waals surface area contributed by atoms with Gasteiger partial charge in [-0.1, -0.05) is 0 Å². The number of rotatable bonds is 3. The van der Waals surface area contributed by atoms with E-state index in [0.717, 1.165) is 13.0 Å². The van der Waals surface area contributed by atoms with Crippen molar-refractivity contribution >= 4 is 27.4 Å². The number of anilines is 2. The molecule has 0 amide bonds. The summed E-state index contributed by atoms with van der Waals surface area (Å²) in [6.45, 7) is 1.40. The maximum absolute atomic E-state index is 13.2. The van der Waals surface area contributed by atoms with E-state index >= 15 is 0 Å². The summed E-state index contributed by atoms with van der Waals surface area (Å²) in [6.07, 6.45) is 1.21. The average molecular weight is 276 g/mol. The van der Waals surface area contributed by atoms with Gasteiger partial charge in [-0.3, -0.25) is 0 Å². The molecule has 1 aliphatic rings. The summed E-state index contributed by atoms with van der Waals surface area (Å²) >= 11 is 3.11. The summed E-state index contributed by atoms with van der Waals surface area (Å²) in [5.41, 5.74) is 5.57. The zero-order chi connectivity index (χ0) is 10.8. The Kier molecular flexibility index (Phi) is 3.06. The first-order valence-corrected chi connectivity index (χ1v) is 5.43. The lowest BCUT2D eigenvalue weighted by atomic mass is 10.2. The highest BCUT2D eigenvalue weighted by Crippen LogP contribution is 2.23. The quantitative estimate of drug-likeness (QED) is 0.826. The summed E-state index contributed by atoms with van der Waals surface area (Å²) in [5.74, 6) is -0.119. The van der Waals surface area contributed by atoms with Gasteiger partial charge in [0.25, 0.3) is 0 Å². The minimum absolute atomic E-state index is 0.0394. The van der Waals surface area contributed by atoms with Gasteiger partial charge in [0.2, 0.25) is 0 Å². The predicted molar refractivity (Wildman–Crippen MR) is 59.2 cm³/mol. The van der Waals surface area contributed by atoms with Crippen molar-refractivity contribution in [2.75, 3.05) is 24.2 Å². The Balaban J connectivity index is 2.05. The van der Waals surface area contributed by atoms with E-state index in [-0.39, 0.29) is 11.8 Å². The van der Waals surface area contributed by atoms with E-state index in [1.165, 1.54) is 6.07 Å². The van der Waals surface area contributed by atoms with Crippen LogP contribution in [0.5, 0.6) is 0 Å². The molecule has 4 nitrogen and oxygen atoms in total. The van der Waals surface area contributed by atoms with Gasteiger partial charge in [-0.15, -0.1) is 0 Å². The van der Waals surface area contributed by atoms with Crippen LogP contribution in [0.3, 0.4) is 0 Å². The Bertz CT molecular complexity index is 371. The normalized spacial score (nSPS) is 19.7. The van der Waals surface area contributed by atoms with Gasteiger partial charge in [0.1, 0.15) is 10.3 Å². The molecule has 0 radical (unpaired) electrons. The van der Waals surface area contributed by atoms with Crippen LogP contribution < -0.4 is 11.1 Å². The molecule has 15 heavy (non-hydrogen) atoms. The Labute approximate surface area is 95.1 Å². The van der Waals surface area contributed by atoms with Crippen LogP contribution in [0.1, 0.15) is 6.42 Å². The molecule has 0 spiro atoms. The number of hydrogen-bond acceptors (Lipinski definition) is 4. The highest BCUT2D eigenvalue weighted by Gasteiger charge is 2.18. The highest BCUT2D eigenvalue weighted by atomic mass is 79.9. The number of nitrogens with one attached hydrogen (secondary N) is 1. The first-order valence-electron chi connectivity index (χ1n) is 4.64. The number of nitrogens with two attached hydrogens (primary N) is 1. The maximum atomic E-state index is 13.2. The van der Waals surface area contributed by atoms with Crippen molar-refractivity contribution in [3.63, 3.8) is 0 Å². The van der Waals surface area contributed by atoms with Crippen molar-refractivity contribution in [2.45, 2.75) is 12.5 Å². The summed E-state index contributed by atoms with van der Waals surface area (Å²) in [6, 6.07) is 1.24. The molecule has 1 aromatic heterocycles. The van der Waals surface area contributed by atoms with Gasteiger partial charge >= 0.3 is 0 Å². The lowest BCUT2D eigenvalue weighted by Crippen LogP contribution is -2.33. The molecule has 82 valence electrons. The Morgan fingerprint density at radius 3 is 3.07 bits per heavy atom. The van der Waals surface area contributed by atoms with E-state index in [4.69, 9.17) is 10.5 Å². The number of aromatic nitrogens is 1. The summed E-state index contributed by atoms with van der Waals surface area (Å²) in [4.78, 5) is 4.05. The van der Waals surface area contributed by atoms with Crippen LogP contribution in [0.15, 0.2) is 10.7 Å². The fourth-order valence-corrected chi connectivity index (χ4v) is 1.66. The third-order valence-electron chi connectivity index (χ3n) is 2.27. The number of halogens is 2. The molecule has 0 aromatic carbocycles. The molecular formula is C9H11BrFN3O. The lowest BCUT2D eigenvalue weighted by molar-refractivity contribution is -0.0410. The monoisotopic (exact) mass is 275 g/mol. The van der Waals surface area contributed by atoms with Crippen LogP contribution in [-0.4, -0.2) is 24.2 Å². The first kappa shape index (κ1) is 10.6. The van der Waals surface area contributed by atoms with Crippen molar-refractivity contribution < 1.29 is 9.13 Å². The molecule has 0 bridgehead atoms. The van der Waals surface area contributed by atoms with Crippen LogP contribution in [0, 0.1) is 5.82 Å². The van der Waals surface area contributed by atoms with Crippen molar-refractivity contribution in [2.24, 2.45) is 0 Å². The molecule has 2 heterocycles. The van der Waals surface area contributed by atoms with E-state index < -0.39 is 5.82 Å². The van der Waals surface area contributed by atoms with Crippen molar-refractivity contribution in [3.05, 3.63) is 16.5 Å². The van der Waals surface area contributed by atoms with E-state index in [9.17, 15) is 4.39 Å². The lowest BCUT2D eigenvalue weighted by Gasteiger charge is -2.26. The van der Waals surface area contributed by atoms with Gasteiger partial charge in [0.15, 0.2) is 11.6 Å². The number of nitrogen functional groups attached to an aromatic ring is 1. The van der Waals surface area contributed by atoms with Crippen molar-refractivity contribution in [3.8, 4) is 0 Å². The molecule has 6 heteroatoms. The third kappa shape index (κ3) is 2.38. The minimum Gasteiger partial charge on any atom is -0.393 e. The summed E-state index contributed by atoms with van der Waals surface area (Å²) < 4.78 is 18.8. The van der Waals surface area contributed by atoms with E-state index in [0.29, 0.717) is 17.0 Å². The molecule has 0 aliphatic carbocycles. The van der Waals surface area contributed by atoms with Crippen molar-refractivity contribution in [1.29, 1.82) is 0 Å². The first-order chi connectivity index (χ1) is 7.16. The van der Waals surface area contributed by atoms with E-state index in [1.54, 1.807) is 0 Å². The molecule has 0 saturated carbocycles. The van der Waals surface area contributed by atoms with Crippen LogP contribution in [-0.2, 0) is 4.74 Å². The predicted octanol–water partition coefficient (Wildman–Crippen LogP) is 1.77. The molecular weight excluding hydrogens is 265 g/mol. The van der Waals surface area contributed by atoms with Crippen LogP contribution in [0.4, 0.5) is 15.9 Å². The zero-order valence-corrected chi connectivity index (χ0v) is 9.55.